The number of carboxylic acids is 1. The van der Waals surface area contributed by atoms with E-state index >= 15 is 0 Å². The highest BCUT2D eigenvalue weighted by atomic mass is 19.3. The molecule has 0 radical (unpaired) electrons. The summed E-state index contributed by atoms with van der Waals surface area (Å²) >= 11 is 0. The monoisotopic (exact) mass is 512 g/mol. The van der Waals surface area contributed by atoms with Crippen LogP contribution in [0.4, 0.5) is 14.6 Å². The third-order valence-electron chi connectivity index (χ3n) is 6.16. The van der Waals surface area contributed by atoms with Gasteiger partial charge in [0.25, 0.3) is 0 Å². The van der Waals surface area contributed by atoms with E-state index in [4.69, 9.17) is 15.2 Å². The van der Waals surface area contributed by atoms with Crippen LogP contribution in [0.2, 0.25) is 0 Å². The molecule has 37 heavy (non-hydrogen) atoms. The minimum absolute atomic E-state index is 0.0271. The number of nitrogens with one attached hydrogen (secondary N) is 1. The Kier molecular flexibility index (Phi) is 6.89. The van der Waals surface area contributed by atoms with Crippen molar-refractivity contribution >= 4 is 30.3 Å². The number of aromatic nitrogens is 1. The first kappa shape index (κ1) is 26.0. The molecule has 0 atom stereocenters. The summed E-state index contributed by atoms with van der Waals surface area (Å²) in [5, 5.41) is 28.7. The highest BCUT2D eigenvalue weighted by molar-refractivity contribution is 6.58. The Balaban J connectivity index is 0.000000225. The number of halogens is 2. The van der Waals surface area contributed by atoms with Gasteiger partial charge in [-0.05, 0) is 73.6 Å². The second kappa shape index (κ2) is 9.79. The Hall–Kier alpha value is -4.03. The van der Waals surface area contributed by atoms with Crippen molar-refractivity contribution in [3.63, 3.8) is 0 Å². The Morgan fingerprint density at radius 3 is 2.32 bits per heavy atom. The lowest BCUT2D eigenvalue weighted by Crippen LogP contribution is -2.30. The van der Waals surface area contributed by atoms with Gasteiger partial charge in [0.05, 0.1) is 11.0 Å². The number of ether oxygens (including phenoxy) is 2. The molecule has 1 aliphatic heterocycles. The van der Waals surface area contributed by atoms with Gasteiger partial charge in [0.15, 0.2) is 11.5 Å². The van der Waals surface area contributed by atoms with E-state index in [1.165, 1.54) is 36.4 Å². The smallest absolute Gasteiger partial charge is 0.478 e. The average Bonchev–Trinajstić information content (AvgIpc) is 3.59. The molecule has 1 aromatic heterocycles. The first-order valence-corrected chi connectivity index (χ1v) is 11.3. The van der Waals surface area contributed by atoms with Gasteiger partial charge in [-0.25, -0.2) is 9.78 Å². The van der Waals surface area contributed by atoms with E-state index < -0.39 is 24.8 Å². The Morgan fingerprint density at radius 2 is 1.70 bits per heavy atom. The van der Waals surface area contributed by atoms with Crippen LogP contribution in [0.1, 0.15) is 40.0 Å². The van der Waals surface area contributed by atoms with Crippen molar-refractivity contribution in [2.45, 2.75) is 38.4 Å². The zero-order chi connectivity index (χ0) is 27.0. The number of amides is 1. The molecule has 1 fully saturated rings. The standard InChI is InChI=1S/C18H16F2N2O3.C7H7BO4/c1-10-3-6-15(21-11(10)2)22-16(23)17(7-8-17)12-4-5-13-14(9-12)25-18(19,20)24-13;9-7(10)5-2-1-3-6(4-5)8(11)12/h3-6,9H,7-8H2,1-2H3,(H,21,22,23);1-4,11-12H,(H,9,10). The molecule has 0 saturated heterocycles. The van der Waals surface area contributed by atoms with Crippen LogP contribution in [-0.4, -0.2) is 45.4 Å². The second-order valence-corrected chi connectivity index (χ2v) is 8.77. The number of nitrogens with zero attached hydrogens (tertiary/aromatic N) is 1. The fraction of sp³-hybridized carbons (Fsp3) is 0.240. The zero-order valence-corrected chi connectivity index (χ0v) is 19.9. The second-order valence-electron chi connectivity index (χ2n) is 8.77. The quantitative estimate of drug-likeness (QED) is 0.383. The maximum Gasteiger partial charge on any atom is 0.586 e. The Bertz CT molecular complexity index is 1360. The number of anilines is 1. The summed E-state index contributed by atoms with van der Waals surface area (Å²) < 4.78 is 35.2. The number of hydrogen-bond acceptors (Lipinski definition) is 7. The van der Waals surface area contributed by atoms with E-state index in [9.17, 15) is 18.4 Å². The maximum atomic E-state index is 13.2. The first-order chi connectivity index (χ1) is 17.4. The lowest BCUT2D eigenvalue weighted by molar-refractivity contribution is -0.286. The zero-order valence-electron chi connectivity index (χ0n) is 19.9. The number of benzene rings is 2. The van der Waals surface area contributed by atoms with E-state index in [0.29, 0.717) is 24.2 Å². The number of alkyl halides is 2. The first-order valence-electron chi connectivity index (χ1n) is 11.3. The topological polar surface area (TPSA) is 138 Å². The van der Waals surface area contributed by atoms with Crippen LogP contribution in [0.5, 0.6) is 11.5 Å². The number of aromatic carboxylic acids is 1. The maximum absolute atomic E-state index is 13.2. The molecule has 1 saturated carbocycles. The van der Waals surface area contributed by atoms with Gasteiger partial charge in [0.1, 0.15) is 5.82 Å². The number of hydrogen-bond donors (Lipinski definition) is 4. The molecule has 0 spiro atoms. The molecule has 12 heteroatoms. The van der Waals surface area contributed by atoms with Crippen molar-refractivity contribution in [3.05, 3.63) is 77.0 Å². The van der Waals surface area contributed by atoms with E-state index in [2.05, 4.69) is 19.8 Å². The number of carbonyl (C=O) groups excluding carboxylic acids is 1. The van der Waals surface area contributed by atoms with Crippen molar-refractivity contribution in [1.82, 2.24) is 4.98 Å². The lowest BCUT2D eigenvalue weighted by atomic mass is 9.80. The number of aryl methyl sites for hydroxylation is 2. The fourth-order valence-electron chi connectivity index (χ4n) is 3.79. The fourth-order valence-corrected chi connectivity index (χ4v) is 3.79. The predicted octanol–water partition coefficient (Wildman–Crippen LogP) is 2.75. The van der Waals surface area contributed by atoms with Gasteiger partial charge in [-0.2, -0.15) is 0 Å². The van der Waals surface area contributed by atoms with Crippen LogP contribution in [-0.2, 0) is 10.2 Å². The molecular weight excluding hydrogens is 489 g/mol. The minimum atomic E-state index is -3.66. The Labute approximate surface area is 210 Å². The molecule has 5 rings (SSSR count). The van der Waals surface area contributed by atoms with Crippen LogP contribution in [0, 0.1) is 13.8 Å². The van der Waals surface area contributed by atoms with Gasteiger partial charge in [0, 0.05) is 5.69 Å². The highest BCUT2D eigenvalue weighted by Crippen LogP contribution is 2.52. The van der Waals surface area contributed by atoms with Crippen molar-refractivity contribution in [2.24, 2.45) is 0 Å². The van der Waals surface area contributed by atoms with E-state index in [1.54, 1.807) is 12.1 Å². The number of rotatable bonds is 5. The van der Waals surface area contributed by atoms with Crippen molar-refractivity contribution < 1.29 is 43.0 Å². The number of carboxylic acid groups (broad SMARTS) is 1. The molecule has 2 heterocycles. The van der Waals surface area contributed by atoms with Gasteiger partial charge >= 0.3 is 19.4 Å². The largest absolute Gasteiger partial charge is 0.586 e. The Morgan fingerprint density at radius 1 is 1.00 bits per heavy atom. The molecule has 4 N–H and O–H groups in total. The number of pyridine rings is 1. The molecule has 2 aliphatic rings. The van der Waals surface area contributed by atoms with Gasteiger partial charge < -0.3 is 29.9 Å². The summed E-state index contributed by atoms with van der Waals surface area (Å²) in [4.78, 5) is 27.5. The lowest BCUT2D eigenvalue weighted by Gasteiger charge is -2.16. The SMILES string of the molecule is Cc1ccc(NC(=O)C2(c3ccc4c(c3)OC(F)(F)O4)CC2)nc1C.O=C(O)c1cccc(B(O)O)c1. The van der Waals surface area contributed by atoms with Crippen molar-refractivity contribution in [3.8, 4) is 11.5 Å². The summed E-state index contributed by atoms with van der Waals surface area (Å²) in [6.07, 6.45) is -2.39. The van der Waals surface area contributed by atoms with Crippen LogP contribution in [0.15, 0.2) is 54.6 Å². The molecular formula is C25H23BF2N2O7. The van der Waals surface area contributed by atoms with Gasteiger partial charge in [0.2, 0.25) is 5.91 Å². The van der Waals surface area contributed by atoms with Crippen LogP contribution in [0.25, 0.3) is 0 Å². The summed E-state index contributed by atoms with van der Waals surface area (Å²) in [6.45, 7) is 3.81. The summed E-state index contributed by atoms with van der Waals surface area (Å²) in [5.74, 6) is -0.885. The third-order valence-corrected chi connectivity index (χ3v) is 6.16. The predicted molar refractivity (Wildman–Crippen MR) is 129 cm³/mol. The van der Waals surface area contributed by atoms with Crippen LogP contribution in [0.3, 0.4) is 0 Å². The molecule has 1 amide bonds. The third kappa shape index (κ3) is 5.70. The number of fused-ring (bicyclic) bond motifs is 1. The van der Waals surface area contributed by atoms with Gasteiger partial charge in [-0.15, -0.1) is 8.78 Å². The molecule has 0 bridgehead atoms. The molecule has 2 aromatic carbocycles. The van der Waals surface area contributed by atoms with E-state index in [-0.39, 0.29) is 28.4 Å². The molecule has 3 aromatic rings. The minimum Gasteiger partial charge on any atom is -0.478 e. The summed E-state index contributed by atoms with van der Waals surface area (Å²) in [5.41, 5.74) is 1.99. The summed E-state index contributed by atoms with van der Waals surface area (Å²) in [7, 11) is -1.62. The normalized spacial score (nSPS) is 15.7. The van der Waals surface area contributed by atoms with E-state index in [1.807, 2.05) is 19.9 Å². The van der Waals surface area contributed by atoms with E-state index in [0.717, 1.165) is 11.3 Å². The average molecular weight is 512 g/mol. The van der Waals surface area contributed by atoms with Crippen LogP contribution < -0.4 is 20.3 Å². The van der Waals surface area contributed by atoms with Crippen molar-refractivity contribution in [1.29, 1.82) is 0 Å². The van der Waals surface area contributed by atoms with Crippen LogP contribution >= 0.6 is 0 Å². The molecule has 1 aliphatic carbocycles. The number of carbonyl (C=O) groups is 2. The van der Waals surface area contributed by atoms with Gasteiger partial charge in [-0.1, -0.05) is 24.3 Å². The van der Waals surface area contributed by atoms with Crippen molar-refractivity contribution in [2.75, 3.05) is 5.32 Å². The van der Waals surface area contributed by atoms with Gasteiger partial charge in [-0.3, -0.25) is 4.79 Å². The molecule has 9 nitrogen and oxygen atoms in total. The summed E-state index contributed by atoms with van der Waals surface area (Å²) in [6, 6.07) is 13.6. The highest BCUT2D eigenvalue weighted by Gasteiger charge is 2.53. The molecule has 0 unspecified atom stereocenters. The molecule has 192 valence electrons.